The van der Waals surface area contributed by atoms with Crippen LogP contribution in [0.5, 0.6) is 5.75 Å². The summed E-state index contributed by atoms with van der Waals surface area (Å²) in [6.07, 6.45) is 1.11. The van der Waals surface area contributed by atoms with E-state index in [1.165, 1.54) is 11.3 Å². The summed E-state index contributed by atoms with van der Waals surface area (Å²) in [6.45, 7) is 0.846. The smallest absolute Gasteiger partial charge is 0.261 e. The van der Waals surface area contributed by atoms with E-state index in [0.29, 0.717) is 47.9 Å². The molecule has 1 aromatic heterocycles. The molecule has 3 rings (SSSR count). The van der Waals surface area contributed by atoms with Gasteiger partial charge in [-0.2, -0.15) is 5.26 Å². The molecule has 7 heteroatoms. The zero-order valence-corrected chi connectivity index (χ0v) is 17.1. The highest BCUT2D eigenvalue weighted by molar-refractivity contribution is 7.12. The van der Waals surface area contributed by atoms with Gasteiger partial charge in [-0.3, -0.25) is 9.59 Å². The van der Waals surface area contributed by atoms with Gasteiger partial charge in [0.2, 0.25) is 0 Å². The largest absolute Gasteiger partial charge is 0.493 e. The summed E-state index contributed by atoms with van der Waals surface area (Å²) >= 11 is 1.39. The van der Waals surface area contributed by atoms with Gasteiger partial charge in [0.05, 0.1) is 17.6 Å². The minimum absolute atomic E-state index is 0.110. The Hall–Kier alpha value is -3.63. The van der Waals surface area contributed by atoms with E-state index in [4.69, 9.17) is 10.00 Å². The molecule has 0 unspecified atom stereocenters. The molecule has 2 aromatic carbocycles. The number of rotatable bonds is 9. The van der Waals surface area contributed by atoms with Gasteiger partial charge < -0.3 is 15.4 Å². The van der Waals surface area contributed by atoms with Gasteiger partial charge in [-0.05, 0) is 47.7 Å². The number of ether oxygens (including phenoxy) is 1. The van der Waals surface area contributed by atoms with Crippen LogP contribution in [0, 0.1) is 11.3 Å². The minimum Gasteiger partial charge on any atom is -0.493 e. The van der Waals surface area contributed by atoms with Gasteiger partial charge in [-0.1, -0.05) is 24.3 Å². The van der Waals surface area contributed by atoms with E-state index < -0.39 is 0 Å². The first-order valence-electron chi connectivity index (χ1n) is 9.47. The Morgan fingerprint density at radius 3 is 2.60 bits per heavy atom. The number of hydrogen-bond donors (Lipinski definition) is 2. The molecule has 30 heavy (non-hydrogen) atoms. The average Bonchev–Trinajstić information content (AvgIpc) is 3.31. The zero-order valence-electron chi connectivity index (χ0n) is 16.3. The van der Waals surface area contributed by atoms with Crippen LogP contribution in [0.4, 0.5) is 5.69 Å². The molecular formula is C23H21N3O3S. The Morgan fingerprint density at radius 1 is 1.03 bits per heavy atom. The van der Waals surface area contributed by atoms with Crippen LogP contribution in [0.3, 0.4) is 0 Å². The number of nitrogens with zero attached hydrogens (tertiary/aromatic N) is 1. The summed E-state index contributed by atoms with van der Waals surface area (Å²) in [7, 11) is 0. The maximum absolute atomic E-state index is 12.5. The van der Waals surface area contributed by atoms with Gasteiger partial charge in [-0.25, -0.2) is 0 Å². The van der Waals surface area contributed by atoms with Gasteiger partial charge >= 0.3 is 0 Å². The number of amides is 2. The van der Waals surface area contributed by atoms with Gasteiger partial charge in [0.1, 0.15) is 5.75 Å². The molecule has 0 saturated carbocycles. The van der Waals surface area contributed by atoms with E-state index in [-0.39, 0.29) is 11.8 Å². The van der Waals surface area contributed by atoms with E-state index in [1.807, 2.05) is 23.6 Å². The van der Waals surface area contributed by atoms with Gasteiger partial charge in [0.15, 0.2) is 0 Å². The van der Waals surface area contributed by atoms with Crippen LogP contribution in [0.25, 0.3) is 0 Å². The zero-order chi connectivity index (χ0) is 21.2. The van der Waals surface area contributed by atoms with Crippen LogP contribution in [0.2, 0.25) is 0 Å². The predicted octanol–water partition coefficient (Wildman–Crippen LogP) is 4.61. The molecule has 2 N–H and O–H groups in total. The summed E-state index contributed by atoms with van der Waals surface area (Å²) in [5.41, 5.74) is 2.05. The standard InChI is InChI=1S/C23H21N3O3S/c24-12-1-2-13-29-20-6-3-5-19(15-20)26-22(27)18-10-8-17(9-11-18)16-25-23(28)21-7-4-14-30-21/h3-11,14-15H,1-2,13,16H2,(H,25,28)(H,26,27). The molecule has 152 valence electrons. The summed E-state index contributed by atoms with van der Waals surface area (Å²) in [6, 6.07) is 19.9. The maximum Gasteiger partial charge on any atom is 0.261 e. The summed E-state index contributed by atoms with van der Waals surface area (Å²) < 4.78 is 5.59. The normalized spacial score (nSPS) is 10.1. The number of anilines is 1. The van der Waals surface area contributed by atoms with Crippen LogP contribution >= 0.6 is 11.3 Å². The van der Waals surface area contributed by atoms with Gasteiger partial charge in [-0.15, -0.1) is 11.3 Å². The van der Waals surface area contributed by atoms with E-state index >= 15 is 0 Å². The molecule has 0 atom stereocenters. The number of benzene rings is 2. The fourth-order valence-corrected chi connectivity index (χ4v) is 3.30. The van der Waals surface area contributed by atoms with Crippen molar-refractivity contribution in [3.8, 4) is 11.8 Å². The van der Waals surface area contributed by atoms with Crippen LogP contribution < -0.4 is 15.4 Å². The Bertz CT molecular complexity index is 1020. The Morgan fingerprint density at radius 2 is 1.87 bits per heavy atom. The van der Waals surface area contributed by atoms with E-state index in [1.54, 1.807) is 42.5 Å². The van der Waals surface area contributed by atoms with E-state index in [9.17, 15) is 9.59 Å². The second kappa shape index (κ2) is 10.8. The molecule has 0 bridgehead atoms. The molecule has 3 aromatic rings. The molecule has 0 aliphatic heterocycles. The molecule has 0 aliphatic rings. The molecule has 1 heterocycles. The SMILES string of the molecule is N#CCCCOc1cccc(NC(=O)c2ccc(CNC(=O)c3cccs3)cc2)c1. The summed E-state index contributed by atoms with van der Waals surface area (Å²) in [4.78, 5) is 25.2. The van der Waals surface area contributed by atoms with Crippen LogP contribution in [0.1, 0.15) is 38.4 Å². The average molecular weight is 420 g/mol. The predicted molar refractivity (Wildman–Crippen MR) is 117 cm³/mol. The Labute approximate surface area is 179 Å². The molecule has 0 aliphatic carbocycles. The third-order valence-corrected chi connectivity index (χ3v) is 5.08. The lowest BCUT2D eigenvalue weighted by atomic mass is 10.1. The lowest BCUT2D eigenvalue weighted by Gasteiger charge is -2.09. The maximum atomic E-state index is 12.5. The number of hydrogen-bond acceptors (Lipinski definition) is 5. The molecule has 0 radical (unpaired) electrons. The highest BCUT2D eigenvalue weighted by atomic mass is 32.1. The first-order chi connectivity index (χ1) is 14.7. The third-order valence-electron chi connectivity index (χ3n) is 4.21. The fourth-order valence-electron chi connectivity index (χ4n) is 2.66. The van der Waals surface area contributed by atoms with Crippen LogP contribution in [0.15, 0.2) is 66.0 Å². The molecule has 0 spiro atoms. The Kier molecular flexibility index (Phi) is 7.58. The van der Waals surface area contributed by atoms with Crippen molar-refractivity contribution in [3.63, 3.8) is 0 Å². The number of carbonyl (C=O) groups is 2. The van der Waals surface area contributed by atoms with Crippen LogP contribution in [-0.2, 0) is 6.54 Å². The van der Waals surface area contributed by atoms with Gasteiger partial charge in [0.25, 0.3) is 11.8 Å². The Balaban J connectivity index is 1.52. The van der Waals surface area contributed by atoms with Crippen molar-refractivity contribution in [2.24, 2.45) is 0 Å². The highest BCUT2D eigenvalue weighted by Crippen LogP contribution is 2.19. The molecule has 0 saturated heterocycles. The number of carbonyl (C=O) groups excluding carboxylic acids is 2. The number of nitriles is 1. The molecule has 6 nitrogen and oxygen atoms in total. The van der Waals surface area contributed by atoms with Crippen molar-refractivity contribution in [1.82, 2.24) is 5.32 Å². The van der Waals surface area contributed by atoms with Crippen molar-refractivity contribution >= 4 is 28.8 Å². The van der Waals surface area contributed by atoms with Crippen molar-refractivity contribution < 1.29 is 14.3 Å². The monoisotopic (exact) mass is 419 g/mol. The first kappa shape index (κ1) is 21.1. The van der Waals surface area contributed by atoms with Crippen molar-refractivity contribution in [3.05, 3.63) is 82.0 Å². The summed E-state index contributed by atoms with van der Waals surface area (Å²) in [5, 5.41) is 16.1. The molecule has 0 fully saturated rings. The van der Waals surface area contributed by atoms with E-state index in [2.05, 4.69) is 16.7 Å². The topological polar surface area (TPSA) is 91.2 Å². The number of thiophene rings is 1. The van der Waals surface area contributed by atoms with Crippen molar-refractivity contribution in [2.45, 2.75) is 19.4 Å². The number of unbranched alkanes of at least 4 members (excludes halogenated alkanes) is 1. The minimum atomic E-state index is -0.231. The molecule has 2 amide bonds. The van der Waals surface area contributed by atoms with Crippen molar-refractivity contribution in [1.29, 1.82) is 5.26 Å². The first-order valence-corrected chi connectivity index (χ1v) is 10.4. The van der Waals surface area contributed by atoms with Crippen molar-refractivity contribution in [2.75, 3.05) is 11.9 Å². The second-order valence-corrected chi connectivity index (χ2v) is 7.40. The fraction of sp³-hybridized carbons (Fsp3) is 0.174. The second-order valence-electron chi connectivity index (χ2n) is 6.45. The molecular weight excluding hydrogens is 398 g/mol. The van der Waals surface area contributed by atoms with Gasteiger partial charge in [0, 0.05) is 30.3 Å². The van der Waals surface area contributed by atoms with E-state index in [0.717, 1.165) is 5.56 Å². The highest BCUT2D eigenvalue weighted by Gasteiger charge is 2.09. The van der Waals surface area contributed by atoms with Crippen LogP contribution in [-0.4, -0.2) is 18.4 Å². The quantitative estimate of drug-likeness (QED) is 0.495. The number of nitrogens with one attached hydrogen (secondary N) is 2. The lowest BCUT2D eigenvalue weighted by molar-refractivity contribution is 0.0953. The third kappa shape index (κ3) is 6.19. The lowest BCUT2D eigenvalue weighted by Crippen LogP contribution is -2.21. The summed E-state index contributed by atoms with van der Waals surface area (Å²) in [5.74, 6) is 0.301.